The second-order valence-corrected chi connectivity index (χ2v) is 12.4. The quantitative estimate of drug-likeness (QED) is 0.230. The predicted octanol–water partition coefficient (Wildman–Crippen LogP) is 7.66. The number of ether oxygens (including phenoxy) is 1. The van der Waals surface area contributed by atoms with Gasteiger partial charge in [0.15, 0.2) is 0 Å². The number of aromatic nitrogens is 2. The lowest BCUT2D eigenvalue weighted by molar-refractivity contribution is -0.274. The number of amides is 2. The van der Waals surface area contributed by atoms with E-state index in [4.69, 9.17) is 11.6 Å². The first-order valence-corrected chi connectivity index (χ1v) is 14.5. The number of fused-ring (bicyclic) bond motifs is 2. The Morgan fingerprint density at radius 3 is 2.65 bits per heavy atom. The molecule has 4 aromatic rings. The van der Waals surface area contributed by atoms with E-state index in [1.807, 2.05) is 25.1 Å². The highest BCUT2D eigenvalue weighted by molar-refractivity contribution is 7.22. The largest absolute Gasteiger partial charge is 0.573 e. The van der Waals surface area contributed by atoms with E-state index >= 15 is 0 Å². The molecule has 12 heteroatoms. The van der Waals surface area contributed by atoms with Crippen molar-refractivity contribution in [2.75, 3.05) is 4.90 Å². The molecule has 1 fully saturated rings. The number of hydrogen-bond acceptors (Lipinski definition) is 6. The van der Waals surface area contributed by atoms with Gasteiger partial charge in [-0.1, -0.05) is 30.3 Å². The van der Waals surface area contributed by atoms with Crippen LogP contribution < -0.4 is 9.64 Å². The zero-order chi connectivity index (χ0) is 31.0. The number of thiophene rings is 1. The lowest BCUT2D eigenvalue weighted by Crippen LogP contribution is -2.42. The highest BCUT2D eigenvalue weighted by Crippen LogP contribution is 2.58. The molecule has 2 amide bonds. The Morgan fingerprint density at radius 2 is 1.95 bits per heavy atom. The van der Waals surface area contributed by atoms with Crippen molar-refractivity contribution in [1.29, 1.82) is 0 Å². The number of anilines is 1. The van der Waals surface area contributed by atoms with Gasteiger partial charge in [0.1, 0.15) is 23.0 Å². The van der Waals surface area contributed by atoms with Crippen molar-refractivity contribution >= 4 is 50.7 Å². The number of rotatable bonds is 5. The van der Waals surface area contributed by atoms with Crippen LogP contribution in [0.1, 0.15) is 30.4 Å². The monoisotopic (exact) mass is 627 g/mol. The molecule has 7 nitrogen and oxygen atoms in total. The van der Waals surface area contributed by atoms with Crippen molar-refractivity contribution in [1.82, 2.24) is 9.78 Å². The SMILES string of the molecule is C=CC1=CC[C@H]2C(=O)N(c3cc(-c4sc5ccc(Cl)cc5c4C)nn3C)C(=O)[C@@]2(C)[C@H]1c1cc(OC(F)(F)F)ccc1O. The molecule has 1 N–H and O–H groups in total. The van der Waals surface area contributed by atoms with Gasteiger partial charge in [-0.3, -0.25) is 14.3 Å². The molecule has 2 aromatic heterocycles. The maximum Gasteiger partial charge on any atom is 0.573 e. The van der Waals surface area contributed by atoms with Crippen molar-refractivity contribution in [3.05, 3.63) is 82.9 Å². The van der Waals surface area contributed by atoms with Gasteiger partial charge in [-0.2, -0.15) is 5.10 Å². The van der Waals surface area contributed by atoms with Crippen LogP contribution in [0.25, 0.3) is 20.7 Å². The van der Waals surface area contributed by atoms with Crippen molar-refractivity contribution in [3.8, 4) is 22.1 Å². The third kappa shape index (κ3) is 4.53. The van der Waals surface area contributed by atoms with E-state index in [0.29, 0.717) is 16.3 Å². The summed E-state index contributed by atoms with van der Waals surface area (Å²) < 4.78 is 45.7. The average Bonchev–Trinajstić information content (AvgIpc) is 3.53. The van der Waals surface area contributed by atoms with E-state index in [2.05, 4.69) is 16.4 Å². The molecule has 0 spiro atoms. The van der Waals surface area contributed by atoms with Crippen LogP contribution in [0.2, 0.25) is 5.02 Å². The van der Waals surface area contributed by atoms with E-state index in [-0.39, 0.29) is 23.6 Å². The number of alkyl halides is 3. The third-order valence-corrected chi connectivity index (χ3v) is 9.95. The molecule has 1 saturated heterocycles. The summed E-state index contributed by atoms with van der Waals surface area (Å²) in [5.41, 5.74) is 0.602. The highest BCUT2D eigenvalue weighted by Gasteiger charge is 2.63. The molecule has 222 valence electrons. The molecule has 1 aliphatic carbocycles. The molecule has 1 aliphatic heterocycles. The van der Waals surface area contributed by atoms with Crippen LogP contribution in [-0.4, -0.2) is 33.1 Å². The smallest absolute Gasteiger partial charge is 0.508 e. The van der Waals surface area contributed by atoms with E-state index in [9.17, 15) is 27.9 Å². The standard InChI is InChI=1S/C31H25ClF3N3O4S/c1-5-16-6-9-21-28(40)38(25-14-22(36-37(25)4)27-15(2)19-12-17(32)7-11-24(19)43-27)29(41)30(21,3)26(16)20-13-18(8-10-23(20)39)42-31(33,34)35/h5-8,10-14,21,26,39H,1,9H2,2-4H3/t21-,26+,30+/m0/s1. The summed E-state index contributed by atoms with van der Waals surface area (Å²) in [5.74, 6) is -3.50. The zero-order valence-corrected chi connectivity index (χ0v) is 24.8. The number of benzene rings is 2. The summed E-state index contributed by atoms with van der Waals surface area (Å²) in [6.07, 6.45) is -1.54. The fraction of sp³-hybridized carbons (Fsp3) is 0.258. The van der Waals surface area contributed by atoms with E-state index in [1.54, 1.807) is 26.1 Å². The van der Waals surface area contributed by atoms with Gasteiger partial charge in [0, 0.05) is 34.3 Å². The summed E-state index contributed by atoms with van der Waals surface area (Å²) in [4.78, 5) is 30.3. The molecule has 0 unspecified atom stereocenters. The van der Waals surface area contributed by atoms with Gasteiger partial charge in [0.05, 0.1) is 16.2 Å². The average molecular weight is 628 g/mol. The molecule has 2 aliphatic rings. The van der Waals surface area contributed by atoms with Crippen LogP contribution in [0.5, 0.6) is 11.5 Å². The number of halogens is 4. The van der Waals surface area contributed by atoms with Crippen LogP contribution in [0, 0.1) is 18.3 Å². The number of imide groups is 1. The van der Waals surface area contributed by atoms with Crippen molar-refractivity contribution in [2.24, 2.45) is 18.4 Å². The number of aryl methyl sites for hydroxylation is 2. The van der Waals surface area contributed by atoms with E-state index < -0.39 is 41.2 Å². The Hall–Kier alpha value is -4.09. The maximum atomic E-state index is 14.4. The normalized spacial score (nSPS) is 22.2. The fourth-order valence-electron chi connectivity index (χ4n) is 6.39. The van der Waals surface area contributed by atoms with Crippen LogP contribution in [0.3, 0.4) is 0 Å². The summed E-state index contributed by atoms with van der Waals surface area (Å²) in [5, 5.41) is 17.0. The number of allylic oxidation sites excluding steroid dienone is 3. The molecular weight excluding hydrogens is 603 g/mol. The third-order valence-electron chi connectivity index (χ3n) is 8.42. The van der Waals surface area contributed by atoms with Gasteiger partial charge in [0.2, 0.25) is 11.8 Å². The number of carbonyl (C=O) groups excluding carboxylic acids is 2. The van der Waals surface area contributed by atoms with Gasteiger partial charge >= 0.3 is 6.36 Å². The molecule has 0 saturated carbocycles. The van der Waals surface area contributed by atoms with E-state index in [0.717, 1.165) is 43.6 Å². The van der Waals surface area contributed by atoms with Gasteiger partial charge in [-0.05, 0) is 73.2 Å². The van der Waals surface area contributed by atoms with Crippen molar-refractivity contribution in [3.63, 3.8) is 0 Å². The lowest BCUT2D eigenvalue weighted by Gasteiger charge is -2.40. The molecular formula is C31H25ClF3N3O4S. The number of hydrogen-bond donors (Lipinski definition) is 1. The molecule has 43 heavy (non-hydrogen) atoms. The van der Waals surface area contributed by atoms with Crippen molar-refractivity contribution < 1.29 is 32.6 Å². The Balaban J connectivity index is 1.44. The van der Waals surface area contributed by atoms with Gasteiger partial charge in [0.25, 0.3) is 0 Å². The number of nitrogens with zero attached hydrogens (tertiary/aromatic N) is 3. The van der Waals surface area contributed by atoms with Crippen molar-refractivity contribution in [2.45, 2.75) is 32.5 Å². The number of phenolic OH excluding ortho intramolecular Hbond substituents is 1. The van der Waals surface area contributed by atoms with Crippen LogP contribution in [-0.2, 0) is 16.6 Å². The minimum Gasteiger partial charge on any atom is -0.508 e. The number of carbonyl (C=O) groups is 2. The molecule has 3 heterocycles. The summed E-state index contributed by atoms with van der Waals surface area (Å²) in [6, 6.07) is 10.4. The molecule has 6 rings (SSSR count). The topological polar surface area (TPSA) is 84.7 Å². The van der Waals surface area contributed by atoms with Gasteiger partial charge < -0.3 is 9.84 Å². The lowest BCUT2D eigenvalue weighted by atomic mass is 9.60. The number of aromatic hydroxyl groups is 1. The Morgan fingerprint density at radius 1 is 1.21 bits per heavy atom. The minimum atomic E-state index is -4.96. The Kier molecular flexibility index (Phi) is 6.74. The zero-order valence-electron chi connectivity index (χ0n) is 23.2. The van der Waals surface area contributed by atoms with Crippen LogP contribution >= 0.6 is 22.9 Å². The second-order valence-electron chi connectivity index (χ2n) is 10.9. The fourth-order valence-corrected chi connectivity index (χ4v) is 7.70. The van der Waals surface area contributed by atoms with E-state index in [1.165, 1.54) is 22.1 Å². The maximum absolute atomic E-state index is 14.4. The van der Waals surface area contributed by atoms with Gasteiger partial charge in [-0.15, -0.1) is 24.5 Å². The molecule has 2 aromatic carbocycles. The summed E-state index contributed by atoms with van der Waals surface area (Å²) in [6.45, 7) is 7.39. The Bertz CT molecular complexity index is 1880. The molecule has 0 radical (unpaired) electrons. The molecule has 0 bridgehead atoms. The summed E-state index contributed by atoms with van der Waals surface area (Å²) >= 11 is 7.73. The molecule has 3 atom stereocenters. The predicted molar refractivity (Wildman–Crippen MR) is 158 cm³/mol. The first kappa shape index (κ1) is 29.0. The number of phenols is 1. The minimum absolute atomic E-state index is 0.0216. The highest BCUT2D eigenvalue weighted by atomic mass is 35.5. The van der Waals surface area contributed by atoms with Crippen LogP contribution in [0.4, 0.5) is 19.0 Å². The second kappa shape index (κ2) is 9.99. The first-order valence-electron chi connectivity index (χ1n) is 13.3. The first-order chi connectivity index (χ1) is 20.2. The van der Waals surface area contributed by atoms with Gasteiger partial charge in [-0.25, -0.2) is 4.90 Å². The van der Waals surface area contributed by atoms with Crippen LogP contribution in [0.15, 0.2) is 66.8 Å². The Labute approximate surface area is 253 Å². The summed E-state index contributed by atoms with van der Waals surface area (Å²) in [7, 11) is 1.64.